The minimum absolute atomic E-state index is 0.0314. The number of aliphatic hydroxyl groups is 1. The average molecular weight is 340 g/mol. The van der Waals surface area contributed by atoms with Crippen molar-refractivity contribution in [2.75, 3.05) is 6.54 Å². The highest BCUT2D eigenvalue weighted by molar-refractivity contribution is 5.93. The normalized spacial score (nSPS) is 21.3. The van der Waals surface area contributed by atoms with Gasteiger partial charge in [0.25, 0.3) is 5.91 Å². The van der Waals surface area contributed by atoms with Gasteiger partial charge in [0.2, 0.25) is 0 Å². The first-order valence-electron chi connectivity index (χ1n) is 7.34. The van der Waals surface area contributed by atoms with Crippen molar-refractivity contribution >= 4 is 5.91 Å². The molecular weight excluding hydrogens is 325 g/mol. The number of likely N-dealkylation sites (tertiary alicyclic amines) is 1. The molecular formula is C16H15F3N2O3. The van der Waals surface area contributed by atoms with E-state index in [4.69, 9.17) is 4.42 Å². The van der Waals surface area contributed by atoms with Gasteiger partial charge in [-0.15, -0.1) is 0 Å². The van der Waals surface area contributed by atoms with E-state index in [0.29, 0.717) is 0 Å². The van der Waals surface area contributed by atoms with Crippen LogP contribution in [-0.4, -0.2) is 33.5 Å². The number of oxazole rings is 1. The van der Waals surface area contributed by atoms with Crippen LogP contribution in [-0.2, 0) is 6.18 Å². The Morgan fingerprint density at radius 3 is 2.71 bits per heavy atom. The third-order valence-corrected chi connectivity index (χ3v) is 4.11. The molecule has 0 unspecified atom stereocenters. The van der Waals surface area contributed by atoms with Crippen LogP contribution in [0.3, 0.4) is 0 Å². The third-order valence-electron chi connectivity index (χ3n) is 4.11. The highest BCUT2D eigenvalue weighted by Crippen LogP contribution is 2.40. The van der Waals surface area contributed by atoms with Crippen LogP contribution >= 0.6 is 0 Å². The van der Waals surface area contributed by atoms with Crippen LogP contribution in [0.5, 0.6) is 0 Å². The van der Waals surface area contributed by atoms with E-state index in [9.17, 15) is 23.1 Å². The molecule has 1 fully saturated rings. The molecule has 0 aliphatic carbocycles. The van der Waals surface area contributed by atoms with Crippen molar-refractivity contribution in [2.24, 2.45) is 0 Å². The van der Waals surface area contributed by atoms with E-state index < -0.39 is 29.8 Å². The molecule has 0 saturated carbocycles. The summed E-state index contributed by atoms with van der Waals surface area (Å²) in [5.41, 5.74) is -0.798. The van der Waals surface area contributed by atoms with Crippen molar-refractivity contribution in [3.05, 3.63) is 53.2 Å². The molecule has 0 bridgehead atoms. The summed E-state index contributed by atoms with van der Waals surface area (Å²) >= 11 is 0. The van der Waals surface area contributed by atoms with Gasteiger partial charge in [-0.25, -0.2) is 4.98 Å². The van der Waals surface area contributed by atoms with Gasteiger partial charge in [-0.1, -0.05) is 18.2 Å². The number of halogens is 3. The quantitative estimate of drug-likeness (QED) is 0.913. The molecule has 1 aromatic carbocycles. The molecule has 1 amide bonds. The zero-order chi connectivity index (χ0) is 17.5. The summed E-state index contributed by atoms with van der Waals surface area (Å²) in [5, 5.41) is 9.92. The Morgan fingerprint density at radius 2 is 2.08 bits per heavy atom. The summed E-state index contributed by atoms with van der Waals surface area (Å²) in [6, 6.07) is 4.22. The highest BCUT2D eigenvalue weighted by atomic mass is 19.4. The first kappa shape index (κ1) is 16.5. The van der Waals surface area contributed by atoms with Crippen molar-refractivity contribution in [3.63, 3.8) is 0 Å². The molecule has 1 aliphatic heterocycles. The molecule has 8 heteroatoms. The van der Waals surface area contributed by atoms with Crippen LogP contribution < -0.4 is 0 Å². The number of hydrogen-bond donors (Lipinski definition) is 1. The maximum absolute atomic E-state index is 13.3. The zero-order valence-electron chi connectivity index (χ0n) is 12.7. The van der Waals surface area contributed by atoms with Crippen molar-refractivity contribution < 1.29 is 27.5 Å². The zero-order valence-corrected chi connectivity index (χ0v) is 12.7. The van der Waals surface area contributed by atoms with Crippen molar-refractivity contribution in [1.29, 1.82) is 0 Å². The maximum atomic E-state index is 13.3. The number of rotatable bonds is 2. The standard InChI is InChI=1S/C16H15F3N2O3/c1-9-14(20-8-24-9)15(23)21-7-10(22)6-13(21)11-4-2-3-5-12(11)16(17,18)19/h2-5,8,10,13,22H,6-7H2,1H3/t10-,13+/m1/s1. The van der Waals surface area contributed by atoms with E-state index in [1.54, 1.807) is 6.92 Å². The number of carbonyl (C=O) groups is 1. The lowest BCUT2D eigenvalue weighted by Crippen LogP contribution is -2.33. The summed E-state index contributed by atoms with van der Waals surface area (Å²) in [5.74, 6) is -0.274. The second kappa shape index (κ2) is 5.94. The number of hydrogen-bond acceptors (Lipinski definition) is 4. The number of aromatic nitrogens is 1. The number of carbonyl (C=O) groups excluding carboxylic acids is 1. The monoisotopic (exact) mass is 340 g/mol. The molecule has 3 rings (SSSR count). The lowest BCUT2D eigenvalue weighted by molar-refractivity contribution is -0.138. The van der Waals surface area contributed by atoms with Gasteiger partial charge in [0.05, 0.1) is 17.7 Å². The Morgan fingerprint density at radius 1 is 1.38 bits per heavy atom. The fraction of sp³-hybridized carbons (Fsp3) is 0.375. The maximum Gasteiger partial charge on any atom is 0.416 e. The van der Waals surface area contributed by atoms with Crippen LogP contribution in [0.2, 0.25) is 0 Å². The molecule has 1 N–H and O–H groups in total. The molecule has 5 nitrogen and oxygen atoms in total. The molecule has 1 saturated heterocycles. The highest BCUT2D eigenvalue weighted by Gasteiger charge is 2.42. The third kappa shape index (κ3) is 2.89. The second-order valence-electron chi connectivity index (χ2n) is 5.71. The van der Waals surface area contributed by atoms with Gasteiger partial charge in [-0.05, 0) is 25.0 Å². The molecule has 2 heterocycles. The van der Waals surface area contributed by atoms with Crippen LogP contribution in [0, 0.1) is 6.92 Å². The number of aliphatic hydroxyl groups excluding tert-OH is 1. The van der Waals surface area contributed by atoms with Crippen molar-refractivity contribution in [1.82, 2.24) is 9.88 Å². The van der Waals surface area contributed by atoms with Gasteiger partial charge in [0.1, 0.15) is 5.76 Å². The Bertz CT molecular complexity index is 757. The van der Waals surface area contributed by atoms with Gasteiger partial charge in [-0.3, -0.25) is 4.79 Å². The largest absolute Gasteiger partial charge is 0.448 e. The lowest BCUT2D eigenvalue weighted by Gasteiger charge is -2.26. The summed E-state index contributed by atoms with van der Waals surface area (Å²) in [6.45, 7) is 1.49. The number of β-amino-alcohol motifs (C(OH)–C–C–N with tert-alkyl or cyclic N) is 1. The van der Waals surface area contributed by atoms with Gasteiger partial charge >= 0.3 is 6.18 Å². The average Bonchev–Trinajstić information content (AvgIpc) is 3.11. The van der Waals surface area contributed by atoms with E-state index in [-0.39, 0.29) is 30.0 Å². The van der Waals surface area contributed by atoms with E-state index in [1.165, 1.54) is 23.1 Å². The van der Waals surface area contributed by atoms with Gasteiger partial charge in [0, 0.05) is 6.54 Å². The van der Waals surface area contributed by atoms with Gasteiger partial charge < -0.3 is 14.4 Å². The molecule has 24 heavy (non-hydrogen) atoms. The van der Waals surface area contributed by atoms with Crippen LogP contribution in [0.4, 0.5) is 13.2 Å². The smallest absolute Gasteiger partial charge is 0.416 e. The predicted molar refractivity (Wildman–Crippen MR) is 77.1 cm³/mol. The van der Waals surface area contributed by atoms with Crippen molar-refractivity contribution in [2.45, 2.75) is 31.7 Å². The fourth-order valence-electron chi connectivity index (χ4n) is 3.03. The SMILES string of the molecule is Cc1ocnc1C(=O)N1C[C@H](O)C[C@H]1c1ccccc1C(F)(F)F. The number of amides is 1. The molecule has 2 atom stereocenters. The molecule has 2 aromatic rings. The van der Waals surface area contributed by atoms with E-state index >= 15 is 0 Å². The number of benzene rings is 1. The Labute approximate surface area is 135 Å². The Hall–Kier alpha value is -2.35. The van der Waals surface area contributed by atoms with Gasteiger partial charge in [-0.2, -0.15) is 13.2 Å². The molecule has 128 valence electrons. The first-order chi connectivity index (χ1) is 11.3. The van der Waals surface area contributed by atoms with E-state index in [0.717, 1.165) is 12.5 Å². The van der Waals surface area contributed by atoms with E-state index in [2.05, 4.69) is 4.98 Å². The number of nitrogens with zero attached hydrogens (tertiary/aromatic N) is 2. The minimum Gasteiger partial charge on any atom is -0.448 e. The Balaban J connectivity index is 2.01. The summed E-state index contributed by atoms with van der Waals surface area (Å²) < 4.78 is 44.8. The van der Waals surface area contributed by atoms with Crippen LogP contribution in [0.25, 0.3) is 0 Å². The molecule has 0 spiro atoms. The molecule has 1 aliphatic rings. The summed E-state index contributed by atoms with van der Waals surface area (Å²) in [4.78, 5) is 17.7. The van der Waals surface area contributed by atoms with Crippen LogP contribution in [0.15, 0.2) is 35.1 Å². The van der Waals surface area contributed by atoms with Crippen molar-refractivity contribution in [3.8, 4) is 0 Å². The minimum atomic E-state index is -4.54. The van der Waals surface area contributed by atoms with Gasteiger partial charge in [0.15, 0.2) is 12.1 Å². The van der Waals surface area contributed by atoms with Crippen LogP contribution in [0.1, 0.15) is 39.8 Å². The van der Waals surface area contributed by atoms with E-state index in [1.807, 2.05) is 0 Å². The summed E-state index contributed by atoms with van der Waals surface area (Å²) in [7, 11) is 0. The topological polar surface area (TPSA) is 66.6 Å². The predicted octanol–water partition coefficient (Wildman–Crippen LogP) is 2.95. The Kier molecular flexibility index (Phi) is 4.08. The lowest BCUT2D eigenvalue weighted by atomic mass is 9.97. The molecule has 0 radical (unpaired) electrons. The second-order valence-corrected chi connectivity index (χ2v) is 5.71. The first-order valence-corrected chi connectivity index (χ1v) is 7.34. The fourth-order valence-corrected chi connectivity index (χ4v) is 3.03. The molecule has 1 aromatic heterocycles. The number of aryl methyl sites for hydroxylation is 1. The summed E-state index contributed by atoms with van der Waals surface area (Å²) in [6.07, 6.45) is -4.29. The number of alkyl halides is 3.